The Morgan fingerprint density at radius 3 is 2.71 bits per heavy atom. The van der Waals surface area contributed by atoms with E-state index >= 15 is 0 Å². The number of aliphatic carboxylic acids is 1. The fourth-order valence-electron chi connectivity index (χ4n) is 1.99. The van der Waals surface area contributed by atoms with Crippen LogP contribution >= 0.6 is 0 Å². The van der Waals surface area contributed by atoms with Crippen molar-refractivity contribution >= 4 is 16.7 Å². The van der Waals surface area contributed by atoms with Crippen molar-refractivity contribution in [3.05, 3.63) is 42.0 Å². The molecule has 0 radical (unpaired) electrons. The summed E-state index contributed by atoms with van der Waals surface area (Å²) in [5.74, 6) is -0.315. The summed E-state index contributed by atoms with van der Waals surface area (Å²) in [6, 6.07) is 11.7. The molecule has 2 aromatic carbocycles. The second kappa shape index (κ2) is 4.87. The van der Waals surface area contributed by atoms with Crippen molar-refractivity contribution in [1.82, 2.24) is 0 Å². The van der Waals surface area contributed by atoms with E-state index in [9.17, 15) is 9.90 Å². The molecule has 0 aromatic heterocycles. The van der Waals surface area contributed by atoms with Gasteiger partial charge in [-0.2, -0.15) is 0 Å². The first-order valence-corrected chi connectivity index (χ1v) is 5.47. The van der Waals surface area contributed by atoms with Crippen molar-refractivity contribution in [2.45, 2.75) is 12.8 Å². The molecule has 88 valence electrons. The Labute approximate surface area is 99.6 Å². The van der Waals surface area contributed by atoms with Crippen LogP contribution in [-0.4, -0.2) is 13.1 Å². The first kappa shape index (κ1) is 11.5. The second-order valence-corrected chi connectivity index (χ2v) is 3.84. The van der Waals surface area contributed by atoms with Crippen LogP contribution in [0.5, 0.6) is 5.75 Å². The zero-order valence-corrected chi connectivity index (χ0v) is 9.60. The highest BCUT2D eigenvalue weighted by Crippen LogP contribution is 2.28. The van der Waals surface area contributed by atoms with Crippen molar-refractivity contribution in [1.29, 1.82) is 0 Å². The molecule has 2 aromatic rings. The van der Waals surface area contributed by atoms with E-state index in [-0.39, 0.29) is 6.42 Å². The van der Waals surface area contributed by atoms with Crippen LogP contribution in [-0.2, 0) is 11.2 Å². The summed E-state index contributed by atoms with van der Waals surface area (Å²) in [5.41, 5.74) is 0.926. The summed E-state index contributed by atoms with van der Waals surface area (Å²) < 4.78 is 5.27. The van der Waals surface area contributed by atoms with Crippen molar-refractivity contribution in [3.63, 3.8) is 0 Å². The molecule has 3 heteroatoms. The Kier molecular flexibility index (Phi) is 3.28. The molecule has 0 spiro atoms. The number of benzene rings is 2. The number of aryl methyl sites for hydroxylation is 1. The third-order valence-corrected chi connectivity index (χ3v) is 2.80. The van der Waals surface area contributed by atoms with Crippen LogP contribution in [0, 0.1) is 0 Å². The van der Waals surface area contributed by atoms with Crippen LogP contribution in [0.3, 0.4) is 0 Å². The predicted octanol–water partition coefficient (Wildman–Crippen LogP) is 1.53. The van der Waals surface area contributed by atoms with E-state index in [1.165, 1.54) is 0 Å². The SMILES string of the molecule is COc1ccc2ccccc2c1CCC(=O)[O-]. The zero-order chi connectivity index (χ0) is 12.3. The summed E-state index contributed by atoms with van der Waals surface area (Å²) in [5, 5.41) is 12.7. The maximum absolute atomic E-state index is 10.6. The molecule has 0 fully saturated rings. The van der Waals surface area contributed by atoms with Gasteiger partial charge in [-0.15, -0.1) is 0 Å². The molecule has 0 atom stereocenters. The van der Waals surface area contributed by atoms with Crippen LogP contribution in [0.1, 0.15) is 12.0 Å². The summed E-state index contributed by atoms with van der Waals surface area (Å²) in [4.78, 5) is 10.6. The van der Waals surface area contributed by atoms with Gasteiger partial charge in [0.1, 0.15) is 5.75 Å². The minimum atomic E-state index is -1.04. The third kappa shape index (κ3) is 2.38. The van der Waals surface area contributed by atoms with Crippen LogP contribution in [0.2, 0.25) is 0 Å². The Balaban J connectivity index is 2.50. The fourth-order valence-corrected chi connectivity index (χ4v) is 1.99. The number of carbonyl (C=O) groups excluding carboxylic acids is 1. The lowest BCUT2D eigenvalue weighted by atomic mass is 10.00. The van der Waals surface area contributed by atoms with Crippen LogP contribution in [0.25, 0.3) is 10.8 Å². The largest absolute Gasteiger partial charge is 0.550 e. The van der Waals surface area contributed by atoms with E-state index in [1.54, 1.807) is 7.11 Å². The number of carbonyl (C=O) groups is 1. The van der Waals surface area contributed by atoms with Crippen molar-refractivity contribution in [3.8, 4) is 5.75 Å². The van der Waals surface area contributed by atoms with Gasteiger partial charge in [0.2, 0.25) is 0 Å². The normalized spacial score (nSPS) is 10.4. The third-order valence-electron chi connectivity index (χ3n) is 2.80. The quantitative estimate of drug-likeness (QED) is 0.798. The Morgan fingerprint density at radius 2 is 2.00 bits per heavy atom. The summed E-state index contributed by atoms with van der Waals surface area (Å²) >= 11 is 0. The van der Waals surface area contributed by atoms with Crippen LogP contribution in [0.15, 0.2) is 36.4 Å². The first-order chi connectivity index (χ1) is 8.22. The molecule has 0 amide bonds. The number of hydrogen-bond acceptors (Lipinski definition) is 3. The van der Waals surface area contributed by atoms with Crippen molar-refractivity contribution < 1.29 is 14.6 Å². The standard InChI is InChI=1S/C14H14O3/c1-17-13-8-6-10-4-2-3-5-11(10)12(13)7-9-14(15)16/h2-6,8H,7,9H2,1H3,(H,15,16)/p-1. The molecule has 2 rings (SSSR count). The maximum Gasteiger partial charge on any atom is 0.122 e. The van der Waals surface area contributed by atoms with Gasteiger partial charge in [-0.3, -0.25) is 0 Å². The minimum Gasteiger partial charge on any atom is -0.550 e. The molecule has 0 saturated heterocycles. The van der Waals surface area contributed by atoms with E-state index in [0.717, 1.165) is 22.1 Å². The van der Waals surface area contributed by atoms with Gasteiger partial charge in [-0.05, 0) is 29.7 Å². The van der Waals surface area contributed by atoms with Gasteiger partial charge in [0.15, 0.2) is 0 Å². The first-order valence-electron chi connectivity index (χ1n) is 5.47. The monoisotopic (exact) mass is 229 g/mol. The number of hydrogen-bond donors (Lipinski definition) is 0. The van der Waals surface area contributed by atoms with E-state index in [0.29, 0.717) is 6.42 Å². The number of methoxy groups -OCH3 is 1. The highest BCUT2D eigenvalue weighted by molar-refractivity contribution is 5.88. The molecular weight excluding hydrogens is 216 g/mol. The molecule has 0 aliphatic carbocycles. The molecule has 17 heavy (non-hydrogen) atoms. The van der Waals surface area contributed by atoms with Gasteiger partial charge in [0.05, 0.1) is 7.11 Å². The van der Waals surface area contributed by atoms with Gasteiger partial charge in [-0.25, -0.2) is 0 Å². The lowest BCUT2D eigenvalue weighted by molar-refractivity contribution is -0.305. The molecule has 3 nitrogen and oxygen atoms in total. The molecule has 0 N–H and O–H groups in total. The van der Waals surface area contributed by atoms with Crippen LogP contribution in [0.4, 0.5) is 0 Å². The maximum atomic E-state index is 10.6. The van der Waals surface area contributed by atoms with E-state index in [4.69, 9.17) is 4.74 Å². The molecular formula is C14H13O3-. The topological polar surface area (TPSA) is 49.4 Å². The summed E-state index contributed by atoms with van der Waals surface area (Å²) in [6.45, 7) is 0. The Morgan fingerprint density at radius 1 is 1.24 bits per heavy atom. The number of rotatable bonds is 4. The van der Waals surface area contributed by atoms with E-state index in [1.807, 2.05) is 36.4 Å². The van der Waals surface area contributed by atoms with Gasteiger partial charge in [0.25, 0.3) is 0 Å². The zero-order valence-electron chi connectivity index (χ0n) is 9.60. The number of ether oxygens (including phenoxy) is 1. The minimum absolute atomic E-state index is 0.00433. The van der Waals surface area contributed by atoms with Gasteiger partial charge in [-0.1, -0.05) is 30.3 Å². The van der Waals surface area contributed by atoms with Crippen molar-refractivity contribution in [2.24, 2.45) is 0 Å². The molecule has 0 unspecified atom stereocenters. The Bertz CT molecular complexity index is 546. The molecule has 0 saturated carbocycles. The highest BCUT2D eigenvalue weighted by Gasteiger charge is 2.07. The lowest BCUT2D eigenvalue weighted by Crippen LogP contribution is -2.22. The molecule has 0 bridgehead atoms. The fraction of sp³-hybridized carbons (Fsp3) is 0.214. The van der Waals surface area contributed by atoms with Gasteiger partial charge >= 0.3 is 0 Å². The van der Waals surface area contributed by atoms with Crippen LogP contribution < -0.4 is 9.84 Å². The smallest absolute Gasteiger partial charge is 0.122 e. The highest BCUT2D eigenvalue weighted by atomic mass is 16.5. The number of carboxylic acids is 1. The molecule has 0 aliphatic rings. The predicted molar refractivity (Wildman–Crippen MR) is 63.8 cm³/mol. The van der Waals surface area contributed by atoms with Gasteiger partial charge in [0, 0.05) is 11.5 Å². The molecule has 0 aliphatic heterocycles. The number of carboxylic acid groups (broad SMARTS) is 1. The average Bonchev–Trinajstić information content (AvgIpc) is 2.35. The average molecular weight is 229 g/mol. The molecule has 0 heterocycles. The van der Waals surface area contributed by atoms with Crippen molar-refractivity contribution in [2.75, 3.05) is 7.11 Å². The second-order valence-electron chi connectivity index (χ2n) is 3.84. The number of fused-ring (bicyclic) bond motifs is 1. The van der Waals surface area contributed by atoms with Gasteiger partial charge < -0.3 is 14.6 Å². The summed E-state index contributed by atoms with van der Waals surface area (Å²) in [7, 11) is 1.59. The summed E-state index contributed by atoms with van der Waals surface area (Å²) in [6.07, 6.45) is 0.428. The van der Waals surface area contributed by atoms with E-state index < -0.39 is 5.97 Å². The lowest BCUT2D eigenvalue weighted by Gasteiger charge is -2.12. The Hall–Kier alpha value is -2.03. The van der Waals surface area contributed by atoms with E-state index in [2.05, 4.69) is 0 Å².